The molecule has 0 saturated carbocycles. The Balaban J connectivity index is 1.29. The normalized spacial score (nSPS) is 22.6. The van der Waals surface area contributed by atoms with Crippen LogP contribution in [0.1, 0.15) is 37.7 Å². The Morgan fingerprint density at radius 1 is 1.17 bits per heavy atom. The number of nitrogens with zero attached hydrogens (tertiary/aromatic N) is 1. The van der Waals surface area contributed by atoms with Gasteiger partial charge in [-0.3, -0.25) is 9.69 Å². The average molecular weight is 330 g/mol. The molecule has 132 valence electrons. The van der Waals surface area contributed by atoms with Gasteiger partial charge in [-0.1, -0.05) is 30.3 Å². The van der Waals surface area contributed by atoms with E-state index in [9.17, 15) is 4.79 Å². The molecule has 2 heterocycles. The molecule has 1 N–H and O–H groups in total. The Labute approximate surface area is 145 Å². The molecular formula is C20H30N2O2. The lowest BCUT2D eigenvalue weighted by atomic mass is 9.90. The summed E-state index contributed by atoms with van der Waals surface area (Å²) < 4.78 is 5.54. The minimum absolute atomic E-state index is 0.147. The summed E-state index contributed by atoms with van der Waals surface area (Å²) in [6, 6.07) is 10.7. The predicted octanol–water partition coefficient (Wildman–Crippen LogP) is 2.63. The fraction of sp³-hybridized carbons (Fsp3) is 0.650. The molecule has 24 heavy (non-hydrogen) atoms. The van der Waals surface area contributed by atoms with Gasteiger partial charge in [-0.05, 0) is 63.1 Å². The van der Waals surface area contributed by atoms with Gasteiger partial charge in [0.25, 0.3) is 0 Å². The van der Waals surface area contributed by atoms with Crippen molar-refractivity contribution in [2.45, 2.75) is 44.6 Å². The highest BCUT2D eigenvalue weighted by molar-refractivity contribution is 5.78. The van der Waals surface area contributed by atoms with Gasteiger partial charge in [-0.2, -0.15) is 0 Å². The number of amides is 1. The zero-order chi connectivity index (χ0) is 16.6. The van der Waals surface area contributed by atoms with E-state index in [1.807, 2.05) is 0 Å². The first-order valence-electron chi connectivity index (χ1n) is 9.44. The fourth-order valence-electron chi connectivity index (χ4n) is 3.74. The van der Waals surface area contributed by atoms with Crippen molar-refractivity contribution in [3.63, 3.8) is 0 Å². The highest BCUT2D eigenvalue weighted by atomic mass is 16.5. The number of ether oxygens (including phenoxy) is 1. The van der Waals surface area contributed by atoms with Crippen LogP contribution in [0.15, 0.2) is 30.3 Å². The molecule has 4 heteroatoms. The van der Waals surface area contributed by atoms with Gasteiger partial charge in [-0.15, -0.1) is 0 Å². The highest BCUT2D eigenvalue weighted by Crippen LogP contribution is 2.22. The molecule has 0 aromatic heterocycles. The number of carbonyl (C=O) groups excluding carboxylic acids is 1. The van der Waals surface area contributed by atoms with E-state index in [-0.39, 0.29) is 12.0 Å². The molecule has 2 aliphatic heterocycles. The summed E-state index contributed by atoms with van der Waals surface area (Å²) in [7, 11) is 0. The molecule has 1 atom stereocenters. The minimum atomic E-state index is 0.147. The fourth-order valence-corrected chi connectivity index (χ4v) is 3.74. The molecular weight excluding hydrogens is 300 g/mol. The lowest BCUT2D eigenvalue weighted by molar-refractivity contribution is -0.123. The van der Waals surface area contributed by atoms with Gasteiger partial charge < -0.3 is 10.1 Å². The Morgan fingerprint density at radius 3 is 2.67 bits per heavy atom. The summed E-state index contributed by atoms with van der Waals surface area (Å²) in [5, 5.41) is 3.02. The molecule has 1 amide bonds. The minimum Gasteiger partial charge on any atom is -0.376 e. The van der Waals surface area contributed by atoms with Crippen molar-refractivity contribution >= 4 is 5.91 Å². The van der Waals surface area contributed by atoms with Gasteiger partial charge in [0.15, 0.2) is 0 Å². The first kappa shape index (κ1) is 17.4. The lowest BCUT2D eigenvalue weighted by Crippen LogP contribution is -2.43. The van der Waals surface area contributed by atoms with E-state index in [2.05, 4.69) is 40.5 Å². The number of carbonyl (C=O) groups is 1. The summed E-state index contributed by atoms with van der Waals surface area (Å²) >= 11 is 0. The monoisotopic (exact) mass is 330 g/mol. The number of hydrogen-bond acceptors (Lipinski definition) is 3. The Kier molecular flexibility index (Phi) is 6.67. The van der Waals surface area contributed by atoms with E-state index in [0.29, 0.717) is 13.1 Å². The molecule has 0 unspecified atom stereocenters. The van der Waals surface area contributed by atoms with Crippen molar-refractivity contribution in [3.8, 4) is 0 Å². The molecule has 4 nitrogen and oxygen atoms in total. The number of hydrogen-bond donors (Lipinski definition) is 1. The van der Waals surface area contributed by atoms with Crippen molar-refractivity contribution in [2.75, 3.05) is 32.8 Å². The third-order valence-electron chi connectivity index (χ3n) is 5.31. The van der Waals surface area contributed by atoms with Crippen LogP contribution in [0.3, 0.4) is 0 Å². The van der Waals surface area contributed by atoms with E-state index >= 15 is 0 Å². The van der Waals surface area contributed by atoms with Crippen LogP contribution >= 0.6 is 0 Å². The summed E-state index contributed by atoms with van der Waals surface area (Å²) in [6.45, 7) is 4.15. The Bertz CT molecular complexity index is 492. The van der Waals surface area contributed by atoms with Gasteiger partial charge in [0, 0.05) is 13.2 Å². The molecule has 1 aromatic rings. The second-order valence-corrected chi connectivity index (χ2v) is 7.18. The van der Waals surface area contributed by atoms with Crippen molar-refractivity contribution in [1.29, 1.82) is 0 Å². The van der Waals surface area contributed by atoms with Crippen molar-refractivity contribution in [2.24, 2.45) is 5.92 Å². The van der Waals surface area contributed by atoms with Crippen LogP contribution in [-0.4, -0.2) is 49.7 Å². The predicted molar refractivity (Wildman–Crippen MR) is 95.9 cm³/mol. The van der Waals surface area contributed by atoms with E-state index in [0.717, 1.165) is 38.5 Å². The van der Waals surface area contributed by atoms with E-state index in [4.69, 9.17) is 4.74 Å². The van der Waals surface area contributed by atoms with Crippen LogP contribution in [0.25, 0.3) is 0 Å². The smallest absolute Gasteiger partial charge is 0.234 e. The van der Waals surface area contributed by atoms with Gasteiger partial charge in [0.05, 0.1) is 12.6 Å². The molecule has 2 saturated heterocycles. The van der Waals surface area contributed by atoms with E-state index in [1.54, 1.807) is 0 Å². The van der Waals surface area contributed by atoms with Gasteiger partial charge in [0.1, 0.15) is 0 Å². The molecule has 2 aliphatic rings. The average Bonchev–Trinajstić information content (AvgIpc) is 3.14. The standard InChI is InChI=1S/C20H30N2O2/c23-20(21-15-19-7-4-14-24-19)16-22-12-10-18(11-13-22)9-8-17-5-2-1-3-6-17/h1-3,5-6,18-19H,4,7-16H2,(H,21,23)/t19-/m0/s1. The zero-order valence-electron chi connectivity index (χ0n) is 14.6. The highest BCUT2D eigenvalue weighted by Gasteiger charge is 2.21. The number of nitrogens with one attached hydrogen (secondary N) is 1. The molecule has 0 spiro atoms. The quantitative estimate of drug-likeness (QED) is 0.836. The van der Waals surface area contributed by atoms with Crippen molar-refractivity contribution in [3.05, 3.63) is 35.9 Å². The SMILES string of the molecule is O=C(CN1CCC(CCc2ccccc2)CC1)NC[C@@H]1CCCO1. The number of likely N-dealkylation sites (tertiary alicyclic amines) is 1. The van der Waals surface area contributed by atoms with Crippen LogP contribution in [-0.2, 0) is 16.0 Å². The summed E-state index contributed by atoms with van der Waals surface area (Å²) in [4.78, 5) is 14.3. The second kappa shape index (κ2) is 9.19. The summed E-state index contributed by atoms with van der Waals surface area (Å²) in [5.74, 6) is 0.949. The first-order chi connectivity index (χ1) is 11.8. The van der Waals surface area contributed by atoms with Crippen LogP contribution in [0.4, 0.5) is 0 Å². The molecule has 0 bridgehead atoms. The van der Waals surface area contributed by atoms with Gasteiger partial charge in [-0.25, -0.2) is 0 Å². The number of piperidine rings is 1. The van der Waals surface area contributed by atoms with E-state index in [1.165, 1.54) is 31.2 Å². The van der Waals surface area contributed by atoms with Gasteiger partial charge >= 0.3 is 0 Å². The van der Waals surface area contributed by atoms with Crippen LogP contribution in [0, 0.1) is 5.92 Å². The number of aryl methyl sites for hydroxylation is 1. The third kappa shape index (κ3) is 5.60. The molecule has 2 fully saturated rings. The van der Waals surface area contributed by atoms with Crippen LogP contribution < -0.4 is 5.32 Å². The summed E-state index contributed by atoms with van der Waals surface area (Å²) in [5.41, 5.74) is 1.44. The first-order valence-corrected chi connectivity index (χ1v) is 9.44. The van der Waals surface area contributed by atoms with Crippen LogP contribution in [0.2, 0.25) is 0 Å². The maximum atomic E-state index is 12.1. The number of rotatable bonds is 7. The van der Waals surface area contributed by atoms with Crippen molar-refractivity contribution < 1.29 is 9.53 Å². The summed E-state index contributed by atoms with van der Waals surface area (Å²) in [6.07, 6.45) is 7.30. The Hall–Kier alpha value is -1.39. The number of benzene rings is 1. The molecule has 0 radical (unpaired) electrons. The zero-order valence-corrected chi connectivity index (χ0v) is 14.6. The second-order valence-electron chi connectivity index (χ2n) is 7.18. The molecule has 3 rings (SSSR count). The lowest BCUT2D eigenvalue weighted by Gasteiger charge is -2.31. The topological polar surface area (TPSA) is 41.6 Å². The largest absolute Gasteiger partial charge is 0.376 e. The van der Waals surface area contributed by atoms with Crippen LogP contribution in [0.5, 0.6) is 0 Å². The van der Waals surface area contributed by atoms with E-state index < -0.39 is 0 Å². The maximum absolute atomic E-state index is 12.1. The third-order valence-corrected chi connectivity index (χ3v) is 5.31. The Morgan fingerprint density at radius 2 is 1.96 bits per heavy atom. The maximum Gasteiger partial charge on any atom is 0.234 e. The molecule has 0 aliphatic carbocycles. The van der Waals surface area contributed by atoms with Gasteiger partial charge in [0.2, 0.25) is 5.91 Å². The molecule has 1 aromatic carbocycles. The van der Waals surface area contributed by atoms with Crippen molar-refractivity contribution in [1.82, 2.24) is 10.2 Å².